The summed E-state index contributed by atoms with van der Waals surface area (Å²) in [5.41, 5.74) is 0. The summed E-state index contributed by atoms with van der Waals surface area (Å²) in [6.45, 7) is 4.65. The monoisotopic (exact) mass is 221 g/mol. The van der Waals surface area contributed by atoms with Crippen molar-refractivity contribution in [3.63, 3.8) is 0 Å². The topological polar surface area (TPSA) is 46.0 Å². The van der Waals surface area contributed by atoms with Gasteiger partial charge in [-0.3, -0.25) is 0 Å². The van der Waals surface area contributed by atoms with E-state index in [1.807, 2.05) is 11.6 Å². The van der Waals surface area contributed by atoms with Gasteiger partial charge in [-0.15, -0.1) is 10.2 Å². The molecule has 1 aromatic rings. The summed E-state index contributed by atoms with van der Waals surface area (Å²) >= 11 is 0. The van der Waals surface area contributed by atoms with Crippen LogP contribution >= 0.6 is 0 Å². The second-order valence-electron chi connectivity index (χ2n) is 4.98. The summed E-state index contributed by atoms with van der Waals surface area (Å²) < 4.78 is 1.98. The predicted molar refractivity (Wildman–Crippen MR) is 60.8 cm³/mol. The Balaban J connectivity index is 1.58. The molecule has 0 amide bonds. The molecule has 5 nitrogen and oxygen atoms in total. The Bertz CT molecular complexity index is 353. The van der Waals surface area contributed by atoms with Crippen molar-refractivity contribution in [3.8, 4) is 0 Å². The highest BCUT2D eigenvalue weighted by Crippen LogP contribution is 2.27. The molecule has 3 aliphatic rings. The normalized spacial score (nSPS) is 33.2. The molecule has 0 radical (unpaired) electrons. The highest BCUT2D eigenvalue weighted by molar-refractivity contribution is 4.93. The molecule has 0 aromatic carbocycles. The largest absolute Gasteiger partial charge is 0.320 e. The lowest BCUT2D eigenvalue weighted by Crippen LogP contribution is -2.55. The maximum absolute atomic E-state index is 4.10. The summed E-state index contributed by atoms with van der Waals surface area (Å²) in [5, 5.41) is 11.6. The Morgan fingerprint density at radius 2 is 2.25 bits per heavy atom. The van der Waals surface area contributed by atoms with Gasteiger partial charge in [0.05, 0.1) is 6.54 Å². The van der Waals surface area contributed by atoms with Crippen molar-refractivity contribution in [1.29, 1.82) is 0 Å². The van der Waals surface area contributed by atoms with Crippen LogP contribution in [0.4, 0.5) is 0 Å². The van der Waals surface area contributed by atoms with Crippen LogP contribution in [-0.4, -0.2) is 45.3 Å². The van der Waals surface area contributed by atoms with E-state index in [2.05, 4.69) is 20.4 Å². The molecule has 3 fully saturated rings. The molecule has 1 unspecified atom stereocenters. The highest BCUT2D eigenvalue weighted by Gasteiger charge is 2.33. The molecule has 3 aliphatic heterocycles. The van der Waals surface area contributed by atoms with E-state index in [4.69, 9.17) is 0 Å². The van der Waals surface area contributed by atoms with Crippen molar-refractivity contribution in [2.24, 2.45) is 13.0 Å². The lowest BCUT2D eigenvalue weighted by molar-refractivity contribution is 0.0715. The van der Waals surface area contributed by atoms with Crippen LogP contribution in [0.3, 0.4) is 0 Å². The van der Waals surface area contributed by atoms with Gasteiger partial charge < -0.3 is 14.8 Å². The second-order valence-corrected chi connectivity index (χ2v) is 4.98. The fourth-order valence-electron chi connectivity index (χ4n) is 2.89. The number of nitrogens with zero attached hydrogens (tertiary/aromatic N) is 4. The van der Waals surface area contributed by atoms with Gasteiger partial charge in [0.15, 0.2) is 0 Å². The SMILES string of the molecule is Cn1cnnc1CNC1CN2CCC1CC2. The van der Waals surface area contributed by atoms with E-state index in [1.165, 1.54) is 32.5 Å². The van der Waals surface area contributed by atoms with Gasteiger partial charge in [0.2, 0.25) is 0 Å². The van der Waals surface area contributed by atoms with Crippen molar-refractivity contribution >= 4 is 0 Å². The van der Waals surface area contributed by atoms with Crippen LogP contribution in [0.15, 0.2) is 6.33 Å². The minimum absolute atomic E-state index is 0.652. The number of fused-ring (bicyclic) bond motifs is 3. The number of hydrogen-bond acceptors (Lipinski definition) is 4. The molecule has 4 heterocycles. The molecule has 5 heteroatoms. The molecule has 1 atom stereocenters. The average molecular weight is 221 g/mol. The molecule has 0 saturated carbocycles. The minimum atomic E-state index is 0.652. The van der Waals surface area contributed by atoms with Crippen LogP contribution in [0.2, 0.25) is 0 Å². The number of aryl methyl sites for hydroxylation is 1. The molecule has 16 heavy (non-hydrogen) atoms. The van der Waals surface area contributed by atoms with Crippen molar-refractivity contribution in [2.75, 3.05) is 19.6 Å². The average Bonchev–Trinajstić information content (AvgIpc) is 2.74. The highest BCUT2D eigenvalue weighted by atomic mass is 15.3. The first kappa shape index (κ1) is 10.2. The smallest absolute Gasteiger partial charge is 0.146 e. The number of hydrogen-bond donors (Lipinski definition) is 1. The lowest BCUT2D eigenvalue weighted by atomic mass is 9.84. The Labute approximate surface area is 95.8 Å². The van der Waals surface area contributed by atoms with Crippen molar-refractivity contribution < 1.29 is 0 Å². The van der Waals surface area contributed by atoms with Crippen LogP contribution in [-0.2, 0) is 13.6 Å². The van der Waals surface area contributed by atoms with Gasteiger partial charge in [0, 0.05) is 19.6 Å². The lowest BCUT2D eigenvalue weighted by Gasteiger charge is -2.45. The molecule has 2 bridgehead atoms. The fraction of sp³-hybridized carbons (Fsp3) is 0.818. The van der Waals surface area contributed by atoms with E-state index in [-0.39, 0.29) is 0 Å². The predicted octanol–water partition coefficient (Wildman–Crippen LogP) is -0.00110. The zero-order valence-electron chi connectivity index (χ0n) is 9.76. The third kappa shape index (κ3) is 1.85. The summed E-state index contributed by atoms with van der Waals surface area (Å²) in [6.07, 6.45) is 4.47. The number of aromatic nitrogens is 3. The first-order valence-electron chi connectivity index (χ1n) is 6.11. The second kappa shape index (κ2) is 4.14. The Kier molecular flexibility index (Phi) is 2.65. The van der Waals surface area contributed by atoms with E-state index in [1.54, 1.807) is 6.33 Å². The zero-order chi connectivity index (χ0) is 11.0. The van der Waals surface area contributed by atoms with E-state index < -0.39 is 0 Å². The Morgan fingerprint density at radius 3 is 2.81 bits per heavy atom. The molecule has 0 aliphatic carbocycles. The molecule has 1 N–H and O–H groups in total. The number of piperidine rings is 3. The summed E-state index contributed by atoms with van der Waals surface area (Å²) in [7, 11) is 1.99. The summed E-state index contributed by atoms with van der Waals surface area (Å²) in [4.78, 5) is 2.56. The molecule has 0 spiro atoms. The first-order valence-corrected chi connectivity index (χ1v) is 6.11. The van der Waals surface area contributed by atoms with Crippen LogP contribution in [0.5, 0.6) is 0 Å². The van der Waals surface area contributed by atoms with Gasteiger partial charge in [-0.05, 0) is 31.8 Å². The van der Waals surface area contributed by atoms with E-state index in [0.29, 0.717) is 6.04 Å². The Morgan fingerprint density at radius 1 is 1.44 bits per heavy atom. The standard InChI is InChI=1S/C11H19N5/c1-15-8-13-14-11(15)6-12-10-7-16-4-2-9(10)3-5-16/h8-10,12H,2-7H2,1H3. The van der Waals surface area contributed by atoms with Gasteiger partial charge >= 0.3 is 0 Å². The van der Waals surface area contributed by atoms with Crippen LogP contribution < -0.4 is 5.32 Å². The van der Waals surface area contributed by atoms with Gasteiger partial charge in [-0.1, -0.05) is 0 Å². The quantitative estimate of drug-likeness (QED) is 0.780. The number of rotatable bonds is 3. The van der Waals surface area contributed by atoms with Gasteiger partial charge in [0.25, 0.3) is 0 Å². The third-order valence-corrected chi connectivity index (χ3v) is 3.98. The Hall–Kier alpha value is -0.940. The fourth-order valence-corrected chi connectivity index (χ4v) is 2.89. The van der Waals surface area contributed by atoms with E-state index in [9.17, 15) is 0 Å². The summed E-state index contributed by atoms with van der Waals surface area (Å²) in [5.74, 6) is 1.90. The molecule has 3 saturated heterocycles. The number of nitrogens with one attached hydrogen (secondary N) is 1. The molecular formula is C11H19N5. The van der Waals surface area contributed by atoms with Crippen molar-refractivity contribution in [2.45, 2.75) is 25.4 Å². The van der Waals surface area contributed by atoms with Gasteiger partial charge in [0.1, 0.15) is 12.2 Å². The molecule has 4 rings (SSSR count). The zero-order valence-corrected chi connectivity index (χ0v) is 9.76. The molecule has 88 valence electrons. The first-order chi connectivity index (χ1) is 7.83. The maximum Gasteiger partial charge on any atom is 0.146 e. The van der Waals surface area contributed by atoms with Crippen LogP contribution in [0.25, 0.3) is 0 Å². The van der Waals surface area contributed by atoms with E-state index >= 15 is 0 Å². The summed E-state index contributed by atoms with van der Waals surface area (Å²) in [6, 6.07) is 0.652. The molecule has 1 aromatic heterocycles. The van der Waals surface area contributed by atoms with Gasteiger partial charge in [-0.25, -0.2) is 0 Å². The minimum Gasteiger partial charge on any atom is -0.320 e. The van der Waals surface area contributed by atoms with Crippen LogP contribution in [0, 0.1) is 5.92 Å². The third-order valence-electron chi connectivity index (χ3n) is 3.98. The maximum atomic E-state index is 4.10. The molecular weight excluding hydrogens is 202 g/mol. The van der Waals surface area contributed by atoms with Crippen molar-refractivity contribution in [3.05, 3.63) is 12.2 Å². The van der Waals surface area contributed by atoms with Crippen LogP contribution in [0.1, 0.15) is 18.7 Å². The van der Waals surface area contributed by atoms with Crippen molar-refractivity contribution in [1.82, 2.24) is 25.0 Å². The van der Waals surface area contributed by atoms with Gasteiger partial charge in [-0.2, -0.15) is 0 Å². The van der Waals surface area contributed by atoms with E-state index in [0.717, 1.165) is 18.3 Å².